The van der Waals surface area contributed by atoms with Gasteiger partial charge < -0.3 is 5.11 Å². The molecule has 0 radical (unpaired) electrons. The van der Waals surface area contributed by atoms with Crippen molar-refractivity contribution >= 4 is 5.78 Å². The quantitative estimate of drug-likeness (QED) is 0.511. The number of rotatable bonds is 2. The van der Waals surface area contributed by atoms with Crippen LogP contribution in [0.3, 0.4) is 0 Å². The molecule has 2 atom stereocenters. The zero-order valence-corrected chi connectivity index (χ0v) is 7.84. The summed E-state index contributed by atoms with van der Waals surface area (Å²) in [6.45, 7) is 5.27. The number of terminal acetylenes is 1. The third-order valence-corrected chi connectivity index (χ3v) is 3.10. The first-order chi connectivity index (χ1) is 6.00. The summed E-state index contributed by atoms with van der Waals surface area (Å²) in [4.78, 5) is 11.6. The third kappa shape index (κ3) is 1.20. The minimum atomic E-state index is -1.11. The smallest absolute Gasteiger partial charge is 0.143 e. The first-order valence-electron chi connectivity index (χ1n) is 4.33. The Balaban J connectivity index is 3.09. The molecule has 1 rings (SSSR count). The fraction of sp³-hybridized carbons (Fsp3) is 0.545. The Morgan fingerprint density at radius 1 is 1.85 bits per heavy atom. The lowest BCUT2D eigenvalue weighted by molar-refractivity contribution is -0.130. The van der Waals surface area contributed by atoms with Crippen molar-refractivity contribution in [1.29, 1.82) is 0 Å². The van der Waals surface area contributed by atoms with Crippen LogP contribution < -0.4 is 0 Å². The highest BCUT2D eigenvalue weighted by atomic mass is 16.3. The molecule has 1 aliphatic rings. The molecule has 0 bridgehead atoms. The topological polar surface area (TPSA) is 37.3 Å². The predicted octanol–water partition coefficient (Wildman–Crippen LogP) is 1.30. The lowest BCUT2D eigenvalue weighted by atomic mass is 9.73. The van der Waals surface area contributed by atoms with Gasteiger partial charge in [0.15, 0.2) is 0 Å². The summed E-state index contributed by atoms with van der Waals surface area (Å²) in [6, 6.07) is 0. The van der Waals surface area contributed by atoms with Crippen LogP contribution in [-0.4, -0.2) is 16.5 Å². The van der Waals surface area contributed by atoms with E-state index in [2.05, 4.69) is 12.5 Å². The number of hydrogen-bond acceptors (Lipinski definition) is 2. The lowest BCUT2D eigenvalue weighted by Crippen LogP contribution is -2.43. The van der Waals surface area contributed by atoms with Gasteiger partial charge in [0.05, 0.1) is 11.0 Å². The Hall–Kier alpha value is -1.07. The second kappa shape index (κ2) is 3.01. The molecule has 0 aromatic rings. The summed E-state index contributed by atoms with van der Waals surface area (Å²) >= 11 is 0. The van der Waals surface area contributed by atoms with Gasteiger partial charge in [0.2, 0.25) is 0 Å². The van der Waals surface area contributed by atoms with Crippen molar-refractivity contribution in [3.05, 3.63) is 12.7 Å². The second-order valence-electron chi connectivity index (χ2n) is 3.76. The van der Waals surface area contributed by atoms with E-state index in [4.69, 9.17) is 6.42 Å². The second-order valence-corrected chi connectivity index (χ2v) is 3.76. The molecule has 0 amide bonds. The molecule has 0 aromatic heterocycles. The summed E-state index contributed by atoms with van der Waals surface area (Å²) in [5, 5.41) is 10.1. The molecule has 2 nitrogen and oxygen atoms in total. The maximum atomic E-state index is 11.6. The van der Waals surface area contributed by atoms with Crippen molar-refractivity contribution in [3.63, 3.8) is 0 Å². The lowest BCUT2D eigenvalue weighted by Gasteiger charge is -2.34. The zero-order valence-electron chi connectivity index (χ0n) is 7.84. The molecule has 1 fully saturated rings. The highest BCUT2D eigenvalue weighted by molar-refractivity contribution is 5.89. The molecule has 1 saturated carbocycles. The number of Topliss-reactive ketones (excluding diaryl/α,β-unsaturated/α-hetero) is 1. The summed E-state index contributed by atoms with van der Waals surface area (Å²) in [5.41, 5.74) is -1.94. The van der Waals surface area contributed by atoms with E-state index >= 15 is 0 Å². The van der Waals surface area contributed by atoms with Crippen LogP contribution in [0, 0.1) is 17.8 Å². The van der Waals surface area contributed by atoms with Crippen LogP contribution in [0.4, 0.5) is 0 Å². The summed E-state index contributed by atoms with van der Waals surface area (Å²) in [5.74, 6) is 2.48. The van der Waals surface area contributed by atoms with E-state index in [0.29, 0.717) is 12.8 Å². The number of carbonyl (C=O) groups excluding carboxylic acids is 1. The minimum absolute atomic E-state index is 0.0350. The summed E-state index contributed by atoms with van der Waals surface area (Å²) in [7, 11) is 0. The Bertz CT molecular complexity index is 287. The molecule has 0 heterocycles. The molecule has 0 saturated heterocycles. The van der Waals surface area contributed by atoms with Crippen molar-refractivity contribution in [1.82, 2.24) is 0 Å². The van der Waals surface area contributed by atoms with Crippen molar-refractivity contribution < 1.29 is 9.90 Å². The van der Waals surface area contributed by atoms with Gasteiger partial charge in [-0.2, -0.15) is 0 Å². The molecule has 0 aromatic carbocycles. The summed E-state index contributed by atoms with van der Waals surface area (Å²) < 4.78 is 0. The van der Waals surface area contributed by atoms with E-state index in [0.717, 1.165) is 0 Å². The predicted molar refractivity (Wildman–Crippen MR) is 50.9 cm³/mol. The Morgan fingerprint density at radius 3 is 2.92 bits per heavy atom. The molecule has 0 aliphatic heterocycles. The van der Waals surface area contributed by atoms with Crippen LogP contribution in [0.5, 0.6) is 0 Å². The first-order valence-corrected chi connectivity index (χ1v) is 4.33. The molecular weight excluding hydrogens is 164 g/mol. The summed E-state index contributed by atoms with van der Waals surface area (Å²) in [6.07, 6.45) is 7.72. The van der Waals surface area contributed by atoms with E-state index in [1.165, 1.54) is 6.08 Å². The van der Waals surface area contributed by atoms with E-state index < -0.39 is 11.0 Å². The van der Waals surface area contributed by atoms with Gasteiger partial charge in [0.25, 0.3) is 0 Å². The average molecular weight is 178 g/mol. The van der Waals surface area contributed by atoms with E-state index in [9.17, 15) is 9.90 Å². The molecule has 0 spiro atoms. The largest absolute Gasteiger partial charge is 0.385 e. The van der Waals surface area contributed by atoms with Crippen LogP contribution in [-0.2, 0) is 4.79 Å². The van der Waals surface area contributed by atoms with Gasteiger partial charge in [0, 0.05) is 12.8 Å². The average Bonchev–Trinajstić information content (AvgIpc) is 2.32. The number of aliphatic hydroxyl groups is 1. The van der Waals surface area contributed by atoms with E-state index in [1.54, 1.807) is 6.92 Å². The number of ketones is 1. The van der Waals surface area contributed by atoms with E-state index in [-0.39, 0.29) is 12.2 Å². The van der Waals surface area contributed by atoms with Crippen molar-refractivity contribution in [2.24, 2.45) is 5.41 Å². The zero-order chi connectivity index (χ0) is 10.1. The highest BCUT2D eigenvalue weighted by Gasteiger charge is 2.54. The van der Waals surface area contributed by atoms with Crippen LogP contribution in [0.25, 0.3) is 0 Å². The van der Waals surface area contributed by atoms with Gasteiger partial charge in [-0.1, -0.05) is 6.08 Å². The number of carbonyl (C=O) groups is 1. The van der Waals surface area contributed by atoms with Crippen molar-refractivity contribution in [2.45, 2.75) is 31.8 Å². The molecule has 70 valence electrons. The van der Waals surface area contributed by atoms with Gasteiger partial charge in [-0.15, -0.1) is 18.9 Å². The molecule has 0 unspecified atom stereocenters. The van der Waals surface area contributed by atoms with Crippen LogP contribution in [0.15, 0.2) is 12.7 Å². The fourth-order valence-corrected chi connectivity index (χ4v) is 1.88. The normalized spacial score (nSPS) is 38.7. The van der Waals surface area contributed by atoms with Gasteiger partial charge in [-0.25, -0.2) is 0 Å². The van der Waals surface area contributed by atoms with Gasteiger partial charge in [-0.05, 0) is 13.3 Å². The SMILES string of the molecule is C#CC[C@]1(C)C(=O)CC[C@]1(O)C=C. The van der Waals surface area contributed by atoms with Crippen molar-refractivity contribution in [3.8, 4) is 12.3 Å². The number of hydrogen-bond donors (Lipinski definition) is 1. The fourth-order valence-electron chi connectivity index (χ4n) is 1.88. The molecule has 1 aliphatic carbocycles. The standard InChI is InChI=1S/C11H14O2/c1-4-7-10(3)9(12)6-8-11(10,13)5-2/h1,5,13H,2,6-8H2,3H3/t10-,11-/m1/s1. The van der Waals surface area contributed by atoms with Gasteiger partial charge in [-0.3, -0.25) is 4.79 Å². The van der Waals surface area contributed by atoms with Crippen LogP contribution >= 0.6 is 0 Å². The highest BCUT2D eigenvalue weighted by Crippen LogP contribution is 2.46. The van der Waals surface area contributed by atoms with E-state index in [1.807, 2.05) is 0 Å². The van der Waals surface area contributed by atoms with Crippen molar-refractivity contribution in [2.75, 3.05) is 0 Å². The molecule has 2 heteroatoms. The van der Waals surface area contributed by atoms with Crippen LogP contribution in [0.1, 0.15) is 26.2 Å². The van der Waals surface area contributed by atoms with Gasteiger partial charge >= 0.3 is 0 Å². The molecule has 13 heavy (non-hydrogen) atoms. The third-order valence-electron chi connectivity index (χ3n) is 3.10. The van der Waals surface area contributed by atoms with Crippen LogP contribution in [0.2, 0.25) is 0 Å². The Kier molecular flexibility index (Phi) is 2.32. The first kappa shape index (κ1) is 10.0. The molecule has 1 N–H and O–H groups in total. The minimum Gasteiger partial charge on any atom is -0.385 e. The molecular formula is C11H14O2. The monoisotopic (exact) mass is 178 g/mol. The van der Waals surface area contributed by atoms with Gasteiger partial charge in [0.1, 0.15) is 5.78 Å². The Morgan fingerprint density at radius 2 is 2.46 bits per heavy atom. The maximum absolute atomic E-state index is 11.6. The Labute approximate surface area is 78.6 Å². The maximum Gasteiger partial charge on any atom is 0.143 e.